The van der Waals surface area contributed by atoms with E-state index in [1.807, 2.05) is 44.2 Å². The van der Waals surface area contributed by atoms with Crippen LogP contribution in [0.5, 0.6) is 0 Å². The van der Waals surface area contributed by atoms with Gasteiger partial charge in [-0.2, -0.15) is 0 Å². The van der Waals surface area contributed by atoms with Gasteiger partial charge in [-0.05, 0) is 49.6 Å². The number of rotatable bonds is 4. The summed E-state index contributed by atoms with van der Waals surface area (Å²) in [6.45, 7) is 4.27. The first kappa shape index (κ1) is 17.0. The Bertz CT molecular complexity index is 1070. The Morgan fingerprint density at radius 1 is 1.18 bits per heavy atom. The van der Waals surface area contributed by atoms with Crippen molar-refractivity contribution in [2.45, 2.75) is 25.8 Å². The minimum absolute atomic E-state index is 0.120. The van der Waals surface area contributed by atoms with E-state index in [4.69, 9.17) is 9.72 Å². The lowest BCUT2D eigenvalue weighted by molar-refractivity contribution is -0.149. The number of aryl methyl sites for hydroxylation is 1. The van der Waals surface area contributed by atoms with Crippen molar-refractivity contribution >= 4 is 11.5 Å². The highest BCUT2D eigenvalue weighted by Gasteiger charge is 2.67. The average Bonchev–Trinajstić information content (AvgIpc) is 3.35. The van der Waals surface area contributed by atoms with Crippen molar-refractivity contribution in [3.63, 3.8) is 0 Å². The fourth-order valence-corrected chi connectivity index (χ4v) is 4.35. The van der Waals surface area contributed by atoms with Gasteiger partial charge in [0.2, 0.25) is 0 Å². The van der Waals surface area contributed by atoms with Crippen LogP contribution in [-0.2, 0) is 9.53 Å². The minimum atomic E-state index is -0.544. The van der Waals surface area contributed by atoms with Gasteiger partial charge < -0.3 is 9.64 Å². The van der Waals surface area contributed by atoms with Gasteiger partial charge >= 0.3 is 5.97 Å². The Kier molecular flexibility index (Phi) is 3.76. The molecule has 3 aliphatic rings. The van der Waals surface area contributed by atoms with Crippen molar-refractivity contribution < 1.29 is 9.53 Å². The Labute approximate surface area is 164 Å². The number of carbonyl (C=O) groups excluding carboxylic acids is 1. The fraction of sp³-hybridized carbons (Fsp3) is 0.250. The number of carbonyl (C=O) groups is 1. The Morgan fingerprint density at radius 2 is 2.00 bits per heavy atom. The highest BCUT2D eigenvalue weighted by molar-refractivity contribution is 5.91. The van der Waals surface area contributed by atoms with E-state index in [-0.39, 0.29) is 11.9 Å². The Morgan fingerprint density at radius 3 is 2.79 bits per heavy atom. The van der Waals surface area contributed by atoms with Gasteiger partial charge in [0.25, 0.3) is 0 Å². The largest absolute Gasteiger partial charge is 0.464 e. The Balaban J connectivity index is 1.56. The fourth-order valence-electron chi connectivity index (χ4n) is 4.35. The molecule has 2 atom stereocenters. The molecule has 1 fully saturated rings. The molecule has 28 heavy (non-hydrogen) atoms. The average molecular weight is 370 g/mol. The Hall–Kier alpha value is -3.14. The van der Waals surface area contributed by atoms with E-state index in [0.29, 0.717) is 6.61 Å². The summed E-state index contributed by atoms with van der Waals surface area (Å²) >= 11 is 0. The van der Waals surface area contributed by atoms with Crippen LogP contribution in [0.2, 0.25) is 0 Å². The smallest absolute Gasteiger partial charge is 0.332 e. The third-order valence-electron chi connectivity index (χ3n) is 5.80. The second-order valence-electron chi connectivity index (χ2n) is 7.54. The number of aromatic nitrogens is 1. The molecule has 1 aromatic carbocycles. The number of benzene rings is 1. The molecule has 1 aliphatic carbocycles. The topological polar surface area (TPSA) is 42.4 Å². The van der Waals surface area contributed by atoms with Crippen LogP contribution in [0.15, 0.2) is 72.6 Å². The molecule has 0 amide bonds. The molecule has 0 bridgehead atoms. The first-order valence-corrected chi connectivity index (χ1v) is 9.75. The lowest BCUT2D eigenvalue weighted by atomic mass is 9.95. The molecule has 0 N–H and O–H groups in total. The van der Waals surface area contributed by atoms with Crippen LogP contribution in [0.1, 0.15) is 24.6 Å². The van der Waals surface area contributed by atoms with Gasteiger partial charge in [0, 0.05) is 29.1 Å². The molecule has 0 spiro atoms. The maximum atomic E-state index is 12.7. The summed E-state index contributed by atoms with van der Waals surface area (Å²) in [6, 6.07) is 14.4. The summed E-state index contributed by atoms with van der Waals surface area (Å²) in [5.74, 6) is 0.126. The van der Waals surface area contributed by atoms with Gasteiger partial charge in [-0.25, -0.2) is 4.79 Å². The van der Waals surface area contributed by atoms with Crippen LogP contribution in [0.4, 0.5) is 0 Å². The van der Waals surface area contributed by atoms with Gasteiger partial charge in [0.05, 0.1) is 12.3 Å². The molecule has 3 heterocycles. The monoisotopic (exact) mass is 370 g/mol. The molecule has 140 valence electrons. The number of ether oxygens (including phenoxy) is 1. The number of hydrogen-bond acceptors (Lipinski definition) is 4. The van der Waals surface area contributed by atoms with Gasteiger partial charge in [0.15, 0.2) is 0 Å². The third kappa shape index (κ3) is 2.44. The molecule has 4 nitrogen and oxygen atoms in total. The molecule has 1 aromatic heterocycles. The SMILES string of the molecule is CCOC(=O)C12CC1C=C1C=CC(c3ccccc3-c3cccc(C)n3)=CN12. The van der Waals surface area contributed by atoms with Gasteiger partial charge in [-0.15, -0.1) is 0 Å². The van der Waals surface area contributed by atoms with Gasteiger partial charge in [-0.3, -0.25) is 4.98 Å². The molecule has 2 unspecified atom stereocenters. The van der Waals surface area contributed by atoms with Crippen LogP contribution in [0.3, 0.4) is 0 Å². The molecule has 5 rings (SSSR count). The van der Waals surface area contributed by atoms with Crippen LogP contribution in [0, 0.1) is 12.8 Å². The van der Waals surface area contributed by atoms with E-state index in [1.165, 1.54) is 0 Å². The van der Waals surface area contributed by atoms with Crippen molar-refractivity contribution in [1.29, 1.82) is 0 Å². The minimum Gasteiger partial charge on any atom is -0.464 e. The maximum absolute atomic E-state index is 12.7. The molecular weight excluding hydrogens is 348 g/mol. The zero-order chi connectivity index (χ0) is 19.3. The normalized spacial score (nSPS) is 24.2. The van der Waals surface area contributed by atoms with E-state index < -0.39 is 5.54 Å². The predicted molar refractivity (Wildman–Crippen MR) is 109 cm³/mol. The summed E-state index contributed by atoms with van der Waals surface area (Å²) in [4.78, 5) is 19.5. The highest BCUT2D eigenvalue weighted by Crippen LogP contribution is 2.58. The quantitative estimate of drug-likeness (QED) is 0.744. The van der Waals surface area contributed by atoms with Crippen molar-refractivity contribution in [3.05, 3.63) is 83.8 Å². The van der Waals surface area contributed by atoms with Gasteiger partial charge in [0.1, 0.15) is 5.54 Å². The molecule has 4 heteroatoms. The summed E-state index contributed by atoms with van der Waals surface area (Å²) in [5.41, 5.74) is 5.76. The predicted octanol–water partition coefficient (Wildman–Crippen LogP) is 4.49. The van der Waals surface area contributed by atoms with E-state index in [1.54, 1.807) is 0 Å². The summed E-state index contributed by atoms with van der Waals surface area (Å²) in [5, 5.41) is 0. The van der Waals surface area contributed by atoms with Crippen LogP contribution in [-0.4, -0.2) is 28.0 Å². The van der Waals surface area contributed by atoms with Crippen molar-refractivity contribution in [2.75, 3.05) is 6.61 Å². The van der Waals surface area contributed by atoms with E-state index in [2.05, 4.69) is 41.5 Å². The lowest BCUT2D eigenvalue weighted by Gasteiger charge is -2.30. The number of hydrogen-bond donors (Lipinski definition) is 0. The molecule has 0 radical (unpaired) electrons. The highest BCUT2D eigenvalue weighted by atomic mass is 16.5. The molecule has 2 aliphatic heterocycles. The summed E-state index contributed by atoms with van der Waals surface area (Å²) < 4.78 is 5.39. The number of esters is 1. The van der Waals surface area contributed by atoms with Gasteiger partial charge in [-0.1, -0.05) is 42.5 Å². The number of fused-ring (bicyclic) bond motifs is 3. The third-order valence-corrected chi connectivity index (χ3v) is 5.80. The second-order valence-corrected chi connectivity index (χ2v) is 7.54. The second kappa shape index (κ2) is 6.20. The van der Waals surface area contributed by atoms with E-state index in [9.17, 15) is 4.79 Å². The maximum Gasteiger partial charge on any atom is 0.332 e. The van der Waals surface area contributed by atoms with E-state index >= 15 is 0 Å². The molecular formula is C24H22N2O2. The number of nitrogens with zero attached hydrogens (tertiary/aromatic N) is 2. The lowest BCUT2D eigenvalue weighted by Crippen LogP contribution is -2.40. The zero-order valence-corrected chi connectivity index (χ0v) is 16.1. The number of allylic oxidation sites excluding steroid dienone is 3. The molecule has 1 saturated carbocycles. The van der Waals surface area contributed by atoms with Crippen molar-refractivity contribution in [2.24, 2.45) is 5.92 Å². The summed E-state index contributed by atoms with van der Waals surface area (Å²) in [7, 11) is 0. The van der Waals surface area contributed by atoms with Crippen molar-refractivity contribution in [1.82, 2.24) is 9.88 Å². The molecule has 0 saturated heterocycles. The van der Waals surface area contributed by atoms with Crippen LogP contribution < -0.4 is 0 Å². The number of pyridine rings is 1. The van der Waals surface area contributed by atoms with Crippen molar-refractivity contribution in [3.8, 4) is 11.3 Å². The molecule has 2 aromatic rings. The van der Waals surface area contributed by atoms with Crippen LogP contribution >= 0.6 is 0 Å². The first-order valence-electron chi connectivity index (χ1n) is 9.75. The van der Waals surface area contributed by atoms with Crippen LogP contribution in [0.25, 0.3) is 16.8 Å². The van der Waals surface area contributed by atoms with E-state index in [0.717, 1.165) is 40.2 Å². The summed E-state index contributed by atoms with van der Waals surface area (Å²) in [6.07, 6.45) is 9.34. The first-order chi connectivity index (χ1) is 13.6. The zero-order valence-electron chi connectivity index (χ0n) is 16.1. The standard InChI is InChI=1S/C24H22N2O2/c1-3-28-23(27)24-14-18(24)13-19-12-11-17(15-26(19)24)20-8-4-5-9-21(20)22-10-6-7-16(2)25-22/h4-13,15,18H,3,14H2,1-2H3.